The van der Waals surface area contributed by atoms with Crippen molar-refractivity contribution < 1.29 is 0 Å². The van der Waals surface area contributed by atoms with Gasteiger partial charge in [-0.25, -0.2) is 0 Å². The molecule has 141 heavy (non-hydrogen) atoms. The summed E-state index contributed by atoms with van der Waals surface area (Å²) in [6, 6.07) is 0. The van der Waals surface area contributed by atoms with Crippen molar-refractivity contribution in [3.05, 3.63) is 122 Å². The normalized spacial score (nSPS) is 15.1. The molecule has 0 radical (unpaired) electrons. The highest BCUT2D eigenvalue weighted by Crippen LogP contribution is 2.59. The number of allylic oxidation sites excluding steroid dienone is 20. The molecule has 0 heterocycles. The van der Waals surface area contributed by atoms with E-state index in [0.717, 1.165) is 0 Å². The van der Waals surface area contributed by atoms with Crippen LogP contribution in [-0.4, -0.2) is 0 Å². The van der Waals surface area contributed by atoms with Gasteiger partial charge in [0.2, 0.25) is 0 Å². The molecule has 0 nitrogen and oxygen atoms in total. The van der Waals surface area contributed by atoms with E-state index in [-0.39, 0.29) is 5.41 Å². The van der Waals surface area contributed by atoms with Crippen LogP contribution in [0.5, 0.6) is 0 Å². The fourth-order valence-electron chi connectivity index (χ4n) is 13.2. The van der Waals surface area contributed by atoms with Crippen LogP contribution in [0.4, 0.5) is 0 Å². The molecule has 0 heteroatoms. The number of unbranched alkanes of at least 4 members (excludes halogenated alkanes) is 7. The third kappa shape index (κ3) is 139. The summed E-state index contributed by atoms with van der Waals surface area (Å²) in [6.45, 7) is 150. The van der Waals surface area contributed by atoms with E-state index in [1.807, 2.05) is 0 Å². The third-order valence-corrected chi connectivity index (χ3v) is 26.3. The molecule has 1 saturated carbocycles. The predicted molar refractivity (Wildman–Crippen MR) is 667 cm³/mol. The van der Waals surface area contributed by atoms with Crippen LogP contribution in [-0.2, 0) is 0 Å². The molecule has 1 aliphatic rings. The fraction of sp³-hybridized carbons (Fsp3) is 0.858. The first-order valence-corrected chi connectivity index (χ1v) is 58.6. The van der Waals surface area contributed by atoms with Crippen LogP contribution in [0, 0.1) is 130 Å². The van der Waals surface area contributed by atoms with Gasteiger partial charge >= 0.3 is 0 Å². The van der Waals surface area contributed by atoms with Crippen molar-refractivity contribution in [1.82, 2.24) is 0 Å². The third-order valence-electron chi connectivity index (χ3n) is 26.3. The van der Waals surface area contributed by atoms with Gasteiger partial charge in [-0.1, -0.05) is 572 Å². The summed E-state index contributed by atoms with van der Waals surface area (Å²) in [5.41, 5.74) is 10.0. The van der Waals surface area contributed by atoms with Crippen molar-refractivity contribution in [1.29, 1.82) is 0 Å². The Morgan fingerprint density at radius 2 is 0.390 bits per heavy atom. The Balaban J connectivity index is -0.000000196. The quantitative estimate of drug-likeness (QED) is 0.0445. The van der Waals surface area contributed by atoms with E-state index in [4.69, 9.17) is 0 Å². The molecule has 0 amide bonds. The van der Waals surface area contributed by atoms with Gasteiger partial charge in [0.1, 0.15) is 0 Å². The molecule has 0 aromatic rings. The number of hydrogen-bond acceptors (Lipinski definition) is 0. The Bertz CT molecular complexity index is 3100. The molecule has 844 valence electrons. The maximum atomic E-state index is 2.51. The van der Waals surface area contributed by atoms with Gasteiger partial charge < -0.3 is 0 Å². The summed E-state index contributed by atoms with van der Waals surface area (Å²) in [7, 11) is 0. The fourth-order valence-corrected chi connectivity index (χ4v) is 13.2. The molecule has 0 unspecified atom stereocenters. The topological polar surface area (TPSA) is 0 Å². The maximum absolute atomic E-state index is 2.51. The van der Waals surface area contributed by atoms with E-state index in [2.05, 4.69) is 572 Å². The first-order valence-electron chi connectivity index (χ1n) is 58.6. The lowest BCUT2D eigenvalue weighted by atomic mass is 9.67. The second kappa shape index (κ2) is 70.5. The van der Waals surface area contributed by atoms with Gasteiger partial charge in [-0.05, 0) is 336 Å². The highest BCUT2D eigenvalue weighted by molar-refractivity contribution is 5.15. The maximum Gasteiger partial charge on any atom is -0.00691 e. The number of rotatable bonds is 34. The lowest BCUT2D eigenvalue weighted by Gasteiger charge is -2.39. The molecule has 0 aromatic heterocycles. The van der Waals surface area contributed by atoms with Gasteiger partial charge in [0.05, 0.1) is 0 Å². The van der Waals surface area contributed by atoms with E-state index in [1.165, 1.54) is 205 Å². The van der Waals surface area contributed by atoms with Crippen molar-refractivity contribution in [3.8, 4) is 0 Å². The Labute approximate surface area is 901 Å². The van der Waals surface area contributed by atoms with Gasteiger partial charge in [-0.2, -0.15) is 0 Å². The van der Waals surface area contributed by atoms with Crippen molar-refractivity contribution in [2.24, 2.45) is 130 Å². The Kier molecular flexibility index (Phi) is 78.0. The molecular weight excluding hydrogens is 1690 g/mol. The Morgan fingerprint density at radius 3 is 0.582 bits per heavy atom. The molecule has 0 spiro atoms. The molecule has 0 saturated heterocycles. The van der Waals surface area contributed by atoms with Gasteiger partial charge in [0.25, 0.3) is 0 Å². The van der Waals surface area contributed by atoms with Gasteiger partial charge in [0.15, 0.2) is 0 Å². The Hall–Kier alpha value is -2.60. The van der Waals surface area contributed by atoms with Gasteiger partial charge in [-0.15, -0.1) is 0 Å². The zero-order valence-corrected chi connectivity index (χ0v) is 111. The first-order chi connectivity index (χ1) is 61.9. The van der Waals surface area contributed by atoms with E-state index in [9.17, 15) is 0 Å². The zero-order valence-electron chi connectivity index (χ0n) is 111. The summed E-state index contributed by atoms with van der Waals surface area (Å²) >= 11 is 0. The Morgan fingerprint density at radius 1 is 0.191 bits per heavy atom. The summed E-state index contributed by atoms with van der Waals surface area (Å²) < 4.78 is 0. The highest BCUT2D eigenvalue weighted by atomic mass is 14.5. The SMILES string of the molecule is CC(C)(C)/C=C/CCCC(C)(C)C.CC(C)(C)/C=C/CCCC(C)(C)C.CC(C)(C)/C=C/CCCC(C)(C)C(C)(C)C.CC(C)(C)C/C=C/CC(C)(C)C.CC(C)(C)C/C=C/CCC(C)(C)C.CC(C)(C)C/C=C/CCC(C)(C)C.CC(C)(C)C/C=C/CCCC(C)(C)C.CC(C)(C)CCC/C=C/C(C)(C)C(C)(C)C.CC(C)(C)CCC/C=C/C1(C(C)(C)C)CC1.C[C@@H](/C=C/CCCC(C)(C)C)C(C)(C)C. The summed E-state index contributed by atoms with van der Waals surface area (Å²) in [6.07, 6.45) is 87.9. The molecular formula is C141H280. The van der Waals surface area contributed by atoms with E-state index >= 15 is 0 Å². The van der Waals surface area contributed by atoms with Crippen molar-refractivity contribution >= 4 is 0 Å². The van der Waals surface area contributed by atoms with Crippen LogP contribution in [0.25, 0.3) is 0 Å². The predicted octanol–water partition coefficient (Wildman–Crippen LogP) is 51.5. The smallest absolute Gasteiger partial charge is 0.00691 e. The number of hydrogen-bond donors (Lipinski definition) is 0. The minimum atomic E-state index is 0.286. The van der Waals surface area contributed by atoms with Crippen molar-refractivity contribution in [3.63, 3.8) is 0 Å². The monoisotopic (exact) mass is 1970 g/mol. The zero-order chi connectivity index (χ0) is 114. The second-order valence-corrected chi connectivity index (χ2v) is 68.2. The first kappa shape index (κ1) is 156. The lowest BCUT2D eigenvalue weighted by Crippen LogP contribution is -2.29. The lowest BCUT2D eigenvalue weighted by molar-refractivity contribution is 0.117. The van der Waals surface area contributed by atoms with Crippen LogP contribution in [0.15, 0.2) is 122 Å². The van der Waals surface area contributed by atoms with Crippen LogP contribution < -0.4 is 0 Å². The van der Waals surface area contributed by atoms with Crippen LogP contribution in [0.1, 0.15) is 656 Å². The molecule has 1 fully saturated rings. The molecule has 0 aromatic carbocycles. The average Bonchev–Trinajstić information content (AvgIpc) is 1.62. The molecule has 0 N–H and O–H groups in total. The molecule has 0 aliphatic heterocycles. The van der Waals surface area contributed by atoms with Gasteiger partial charge in [-0.3, -0.25) is 0 Å². The minimum absolute atomic E-state index is 0.286. The van der Waals surface area contributed by atoms with Gasteiger partial charge in [0, 0.05) is 0 Å². The summed E-state index contributed by atoms with van der Waals surface area (Å²) in [5.74, 6) is 0.673. The summed E-state index contributed by atoms with van der Waals surface area (Å²) in [5, 5.41) is 0. The van der Waals surface area contributed by atoms with E-state index in [0.29, 0.717) is 125 Å². The van der Waals surface area contributed by atoms with Crippen molar-refractivity contribution in [2.45, 2.75) is 656 Å². The van der Waals surface area contributed by atoms with Crippen molar-refractivity contribution in [2.75, 3.05) is 0 Å². The van der Waals surface area contributed by atoms with Crippen LogP contribution in [0.3, 0.4) is 0 Å². The summed E-state index contributed by atoms with van der Waals surface area (Å²) in [4.78, 5) is 0. The van der Waals surface area contributed by atoms with E-state index in [1.54, 1.807) is 0 Å². The van der Waals surface area contributed by atoms with Crippen LogP contribution in [0.2, 0.25) is 0 Å². The van der Waals surface area contributed by atoms with Crippen LogP contribution >= 0.6 is 0 Å². The molecule has 1 atom stereocenters. The molecule has 1 aliphatic carbocycles. The molecule has 1 rings (SSSR count). The second-order valence-electron chi connectivity index (χ2n) is 68.2. The van der Waals surface area contributed by atoms with E-state index < -0.39 is 0 Å². The highest BCUT2D eigenvalue weighted by Gasteiger charge is 2.49. The average molecular weight is 1980 g/mol. The molecule has 0 bridgehead atoms. The minimum Gasteiger partial charge on any atom is -0.0885 e. The largest absolute Gasteiger partial charge is 0.0885 e. The standard InChI is InChI=1S/C16H30.2C16H32.C15H30.C14H28.4C13H26.C12H24/c1-14(2,3)10-8-7-9-11-16(12-13-16)15(4,5)6;2*1-14(2,3)12-10-9-11-13-16(7,8)15(4,5)6;1-13(15(5,6)7)11-9-8-10-12-14(2,3)4;1-13(2,3)11-9-7-8-10-12-14(4,5)6;4*1-12(2,3)10-8-7-9-11-13(4,5)6;1-11(2,3)9-7-8-10-12(4,5)6/h9,11H,7-8,10,12-13H2,1-6H3;11,13H,9-10,12H2,1-8H3;10,12H,9,11,13H2,1-8H3;9,11,13H,8,10,12H2,1-7H3;7,9H,8,10-12H2,1-6H3;2*8,10H,7,9,11H2,1-6H3;2*7-8H,9-11H2,1-6H3;7-8H,9-10H2,1-6H3/b11-9+;13-11+;12-10+;11-9+;9-7+;2*10-8+;3*8-7+/t;;;13-;;;;;;/m...0....../s1.